The molecule has 0 aromatic rings. The van der Waals surface area contributed by atoms with Crippen LogP contribution in [0.25, 0.3) is 0 Å². The van der Waals surface area contributed by atoms with Crippen LogP contribution < -0.4 is 0 Å². The van der Waals surface area contributed by atoms with Crippen molar-refractivity contribution in [2.45, 2.75) is 47.1 Å². The Kier molecular flexibility index (Phi) is 9.41. The van der Waals surface area contributed by atoms with E-state index in [0.29, 0.717) is 6.42 Å². The maximum absolute atomic E-state index is 10.4. The molecule has 0 N–H and O–H groups in total. The van der Waals surface area contributed by atoms with Gasteiger partial charge < -0.3 is 9.53 Å². The highest BCUT2D eigenvalue weighted by Crippen LogP contribution is 1.90. The summed E-state index contributed by atoms with van der Waals surface area (Å²) in [6.45, 7) is 8.52. The Balaban J connectivity index is 0. The largest absolute Gasteiger partial charge is 0.463 e. The molecule has 0 heterocycles. The van der Waals surface area contributed by atoms with Crippen LogP contribution in [0.1, 0.15) is 41.0 Å². The van der Waals surface area contributed by atoms with Crippen molar-refractivity contribution in [2.75, 3.05) is 0 Å². The van der Waals surface area contributed by atoms with E-state index < -0.39 is 0 Å². The molecule has 0 saturated heterocycles. The second-order valence-electron chi connectivity index (χ2n) is 2.80. The van der Waals surface area contributed by atoms with E-state index in [-0.39, 0.29) is 17.9 Å². The molecule has 0 aliphatic rings. The zero-order valence-electron chi connectivity index (χ0n) is 8.51. The van der Waals surface area contributed by atoms with Gasteiger partial charge in [-0.3, -0.25) is 4.79 Å². The van der Waals surface area contributed by atoms with Gasteiger partial charge in [0.05, 0.1) is 6.10 Å². The fraction of sp³-hybridized carbons (Fsp3) is 0.778. The monoisotopic (exact) mass is 174 g/mol. The highest BCUT2D eigenvalue weighted by atomic mass is 16.5. The molecule has 0 bridgehead atoms. The standard InChI is InChI=1S/C6H12O2.C3H6O/c1-4-6(7)8-5(2)3;1-3(2)4/h5H,4H2,1-3H3;1-2H3. The molecule has 72 valence electrons. The van der Waals surface area contributed by atoms with E-state index in [2.05, 4.69) is 0 Å². The fourth-order valence-electron chi connectivity index (χ4n) is 0.346. The first-order valence-corrected chi connectivity index (χ1v) is 4.06. The number of Topliss-reactive ketones (excluding diaryl/α,β-unsaturated/α-hetero) is 1. The van der Waals surface area contributed by atoms with Crippen molar-refractivity contribution >= 4 is 11.8 Å². The maximum Gasteiger partial charge on any atom is 0.305 e. The maximum atomic E-state index is 10.4. The van der Waals surface area contributed by atoms with Gasteiger partial charge in [0.25, 0.3) is 0 Å². The van der Waals surface area contributed by atoms with Crippen molar-refractivity contribution < 1.29 is 14.3 Å². The molecule has 0 atom stereocenters. The van der Waals surface area contributed by atoms with Gasteiger partial charge in [0.2, 0.25) is 0 Å². The number of hydrogen-bond donors (Lipinski definition) is 0. The number of rotatable bonds is 2. The average Bonchev–Trinajstić information content (AvgIpc) is 1.84. The first-order chi connectivity index (χ1) is 5.40. The Morgan fingerprint density at radius 1 is 1.25 bits per heavy atom. The molecule has 0 aromatic carbocycles. The molecule has 0 fully saturated rings. The van der Waals surface area contributed by atoms with Crippen LogP contribution in [-0.4, -0.2) is 17.9 Å². The molecule has 3 heteroatoms. The van der Waals surface area contributed by atoms with E-state index in [4.69, 9.17) is 4.74 Å². The Morgan fingerprint density at radius 2 is 1.58 bits per heavy atom. The van der Waals surface area contributed by atoms with E-state index in [9.17, 15) is 9.59 Å². The van der Waals surface area contributed by atoms with Crippen LogP contribution in [0, 0.1) is 0 Å². The minimum atomic E-state index is -0.125. The summed E-state index contributed by atoms with van der Waals surface area (Å²) in [5.41, 5.74) is 0. The van der Waals surface area contributed by atoms with Crippen LogP contribution in [0.3, 0.4) is 0 Å². The van der Waals surface area contributed by atoms with Crippen molar-refractivity contribution in [1.29, 1.82) is 0 Å². The fourth-order valence-corrected chi connectivity index (χ4v) is 0.346. The van der Waals surface area contributed by atoms with Crippen LogP contribution in [0.5, 0.6) is 0 Å². The minimum absolute atomic E-state index is 0.0300. The van der Waals surface area contributed by atoms with Gasteiger partial charge in [-0.05, 0) is 27.7 Å². The highest BCUT2D eigenvalue weighted by molar-refractivity contribution is 5.72. The third-order valence-corrected chi connectivity index (χ3v) is 0.656. The summed E-state index contributed by atoms with van der Waals surface area (Å²) in [4.78, 5) is 19.8. The van der Waals surface area contributed by atoms with Crippen LogP contribution in [0.2, 0.25) is 0 Å². The lowest BCUT2D eigenvalue weighted by atomic mass is 10.4. The lowest BCUT2D eigenvalue weighted by Gasteiger charge is -2.04. The number of hydrogen-bond acceptors (Lipinski definition) is 3. The van der Waals surface area contributed by atoms with Crippen LogP contribution in [0.15, 0.2) is 0 Å². The molecule has 0 radical (unpaired) electrons. The SMILES string of the molecule is CC(C)=O.CCC(=O)OC(C)C. The smallest absolute Gasteiger partial charge is 0.305 e. The average molecular weight is 174 g/mol. The Labute approximate surface area is 74.1 Å². The summed E-state index contributed by atoms with van der Waals surface area (Å²) in [5, 5.41) is 0. The third-order valence-electron chi connectivity index (χ3n) is 0.656. The Bertz CT molecular complexity index is 135. The molecule has 0 amide bonds. The van der Waals surface area contributed by atoms with Gasteiger partial charge in [0, 0.05) is 6.42 Å². The first-order valence-electron chi connectivity index (χ1n) is 4.06. The summed E-state index contributed by atoms with van der Waals surface area (Å²) in [6.07, 6.45) is 0.500. The number of carbonyl (C=O) groups excluding carboxylic acids is 2. The second kappa shape index (κ2) is 8.24. The van der Waals surface area contributed by atoms with Gasteiger partial charge in [-0.2, -0.15) is 0 Å². The Morgan fingerprint density at radius 3 is 1.67 bits per heavy atom. The summed E-state index contributed by atoms with van der Waals surface area (Å²) >= 11 is 0. The number of esters is 1. The molecule has 0 spiro atoms. The first kappa shape index (κ1) is 13.7. The quantitative estimate of drug-likeness (QED) is 0.601. The van der Waals surface area contributed by atoms with Gasteiger partial charge in [-0.25, -0.2) is 0 Å². The molecular formula is C9H18O3. The molecule has 0 aliphatic carbocycles. The number of ether oxygens (including phenoxy) is 1. The zero-order chi connectivity index (χ0) is 10.1. The van der Waals surface area contributed by atoms with Crippen LogP contribution in [-0.2, 0) is 14.3 Å². The zero-order valence-corrected chi connectivity index (χ0v) is 8.51. The summed E-state index contributed by atoms with van der Waals surface area (Å²) < 4.78 is 4.76. The van der Waals surface area contributed by atoms with E-state index in [1.165, 1.54) is 13.8 Å². The van der Waals surface area contributed by atoms with Gasteiger partial charge in [-0.1, -0.05) is 6.92 Å². The van der Waals surface area contributed by atoms with E-state index >= 15 is 0 Å². The second-order valence-corrected chi connectivity index (χ2v) is 2.80. The molecule has 0 aliphatic heterocycles. The summed E-state index contributed by atoms with van der Waals surface area (Å²) in [7, 11) is 0. The van der Waals surface area contributed by atoms with Crippen LogP contribution in [0.4, 0.5) is 0 Å². The van der Waals surface area contributed by atoms with Crippen molar-refractivity contribution in [2.24, 2.45) is 0 Å². The molecule has 0 saturated carbocycles. The molecule has 0 unspecified atom stereocenters. The summed E-state index contributed by atoms with van der Waals surface area (Å²) in [6, 6.07) is 0. The van der Waals surface area contributed by atoms with Crippen molar-refractivity contribution in [3.8, 4) is 0 Å². The highest BCUT2D eigenvalue weighted by Gasteiger charge is 1.98. The van der Waals surface area contributed by atoms with Gasteiger partial charge in [0.15, 0.2) is 0 Å². The van der Waals surface area contributed by atoms with Crippen LogP contribution >= 0.6 is 0 Å². The van der Waals surface area contributed by atoms with Gasteiger partial charge >= 0.3 is 5.97 Å². The van der Waals surface area contributed by atoms with Gasteiger partial charge in [0.1, 0.15) is 5.78 Å². The molecule has 0 aromatic heterocycles. The molecular weight excluding hydrogens is 156 g/mol. The number of ketones is 1. The molecule has 0 rings (SSSR count). The van der Waals surface area contributed by atoms with Crippen molar-refractivity contribution in [1.82, 2.24) is 0 Å². The third kappa shape index (κ3) is 22.9. The van der Waals surface area contributed by atoms with Crippen molar-refractivity contribution in [3.63, 3.8) is 0 Å². The van der Waals surface area contributed by atoms with Crippen molar-refractivity contribution in [3.05, 3.63) is 0 Å². The normalized spacial score (nSPS) is 8.50. The number of carbonyl (C=O) groups is 2. The van der Waals surface area contributed by atoms with E-state index in [1.54, 1.807) is 6.92 Å². The van der Waals surface area contributed by atoms with E-state index in [0.717, 1.165) is 0 Å². The summed E-state index contributed by atoms with van der Waals surface area (Å²) in [5.74, 6) is 0.0417. The topological polar surface area (TPSA) is 43.4 Å². The van der Waals surface area contributed by atoms with E-state index in [1.807, 2.05) is 13.8 Å². The minimum Gasteiger partial charge on any atom is -0.463 e. The molecule has 3 nitrogen and oxygen atoms in total. The predicted octanol–water partition coefficient (Wildman–Crippen LogP) is 1.94. The lowest BCUT2D eigenvalue weighted by molar-refractivity contribution is -0.146. The lowest BCUT2D eigenvalue weighted by Crippen LogP contribution is -2.09. The van der Waals surface area contributed by atoms with Gasteiger partial charge in [-0.15, -0.1) is 0 Å². The predicted molar refractivity (Wildman–Crippen MR) is 47.9 cm³/mol. The Hall–Kier alpha value is -0.860. The molecule has 12 heavy (non-hydrogen) atoms.